The number of aryl methyl sites for hydroxylation is 1. The molecule has 0 aliphatic heterocycles. The van der Waals surface area contributed by atoms with E-state index in [2.05, 4.69) is 5.32 Å². The zero-order chi connectivity index (χ0) is 20.0. The van der Waals surface area contributed by atoms with Crippen molar-refractivity contribution < 1.29 is 18.0 Å². The molecule has 2 rings (SSSR count). The molecule has 0 saturated carbocycles. The largest absolute Gasteiger partial charge is 0.339 e. The molecule has 2 amide bonds. The minimum atomic E-state index is -3.53. The van der Waals surface area contributed by atoms with Crippen LogP contribution in [0.3, 0.4) is 0 Å². The maximum absolute atomic E-state index is 12.4. The second-order valence-corrected chi connectivity index (χ2v) is 9.29. The quantitative estimate of drug-likeness (QED) is 0.742. The van der Waals surface area contributed by atoms with Gasteiger partial charge < -0.3 is 10.2 Å². The lowest BCUT2D eigenvalue weighted by Crippen LogP contribution is -2.19. The van der Waals surface area contributed by atoms with Crippen LogP contribution in [0.5, 0.6) is 0 Å². The van der Waals surface area contributed by atoms with E-state index >= 15 is 0 Å². The molecular formula is C19H22N2O4S2. The van der Waals surface area contributed by atoms with E-state index in [1.54, 1.807) is 62.6 Å². The molecule has 0 aliphatic carbocycles. The summed E-state index contributed by atoms with van der Waals surface area (Å²) in [5.41, 5.74) is 1.45. The van der Waals surface area contributed by atoms with Gasteiger partial charge in [-0.25, -0.2) is 8.42 Å². The summed E-state index contributed by atoms with van der Waals surface area (Å²) in [5.74, 6) is -0.704. The van der Waals surface area contributed by atoms with Crippen molar-refractivity contribution in [2.45, 2.75) is 23.1 Å². The number of hydrogen-bond donors (Lipinski definition) is 1. The predicted molar refractivity (Wildman–Crippen MR) is 108 cm³/mol. The van der Waals surface area contributed by atoms with Gasteiger partial charge in [0.05, 0.1) is 16.3 Å². The first-order valence-electron chi connectivity index (χ1n) is 8.26. The average Bonchev–Trinajstić information content (AvgIpc) is 2.62. The Morgan fingerprint density at radius 1 is 1.04 bits per heavy atom. The summed E-state index contributed by atoms with van der Waals surface area (Å²) in [6.07, 6.45) is -0.170. The number of carbonyl (C=O) groups excluding carboxylic acids is 2. The van der Waals surface area contributed by atoms with Crippen LogP contribution in [-0.4, -0.2) is 44.3 Å². The van der Waals surface area contributed by atoms with Crippen LogP contribution in [0.1, 0.15) is 12.0 Å². The van der Waals surface area contributed by atoms with Gasteiger partial charge in [0.15, 0.2) is 9.84 Å². The molecule has 0 bridgehead atoms. The average molecular weight is 407 g/mol. The van der Waals surface area contributed by atoms with E-state index in [1.165, 1.54) is 4.90 Å². The number of benzene rings is 2. The molecule has 0 unspecified atom stereocenters. The van der Waals surface area contributed by atoms with E-state index in [4.69, 9.17) is 0 Å². The SMILES string of the molecule is Cc1ccc(S(=O)(=O)CCC(=O)Nc2ccccc2SC(=O)N(C)C)cc1. The molecular weight excluding hydrogens is 384 g/mol. The van der Waals surface area contributed by atoms with Gasteiger partial charge in [-0.3, -0.25) is 9.59 Å². The molecule has 0 radical (unpaired) electrons. The highest BCUT2D eigenvalue weighted by molar-refractivity contribution is 8.13. The normalized spacial score (nSPS) is 11.1. The third kappa shape index (κ3) is 6.11. The number of anilines is 1. The van der Waals surface area contributed by atoms with E-state index in [0.29, 0.717) is 10.6 Å². The van der Waals surface area contributed by atoms with Crippen LogP contribution >= 0.6 is 11.8 Å². The fraction of sp³-hybridized carbons (Fsp3) is 0.263. The maximum Gasteiger partial charge on any atom is 0.286 e. The monoisotopic (exact) mass is 406 g/mol. The van der Waals surface area contributed by atoms with Crippen molar-refractivity contribution in [2.75, 3.05) is 25.2 Å². The van der Waals surface area contributed by atoms with Crippen molar-refractivity contribution >= 4 is 38.4 Å². The fourth-order valence-corrected chi connectivity index (χ4v) is 4.13. The van der Waals surface area contributed by atoms with Crippen LogP contribution in [0.25, 0.3) is 0 Å². The van der Waals surface area contributed by atoms with Gasteiger partial charge in [-0.2, -0.15) is 0 Å². The summed E-state index contributed by atoms with van der Waals surface area (Å²) in [7, 11) is -0.241. The number of thioether (sulfide) groups is 1. The van der Waals surface area contributed by atoms with Crippen LogP contribution < -0.4 is 5.32 Å². The smallest absolute Gasteiger partial charge is 0.286 e. The summed E-state index contributed by atoms with van der Waals surface area (Å²) < 4.78 is 24.7. The molecule has 0 heterocycles. The van der Waals surface area contributed by atoms with Gasteiger partial charge in [-0.15, -0.1) is 0 Å². The number of sulfone groups is 1. The van der Waals surface area contributed by atoms with E-state index in [1.807, 2.05) is 6.92 Å². The Hall–Kier alpha value is -2.32. The number of amides is 2. The molecule has 6 nitrogen and oxygen atoms in total. The molecule has 0 saturated heterocycles. The third-order valence-electron chi connectivity index (χ3n) is 3.70. The standard InChI is InChI=1S/C19H22N2O4S2/c1-14-8-10-15(11-9-14)27(24,25)13-12-18(22)20-16-6-4-5-7-17(16)26-19(23)21(2)3/h4-11H,12-13H2,1-3H3,(H,20,22). The summed E-state index contributed by atoms with van der Waals surface area (Å²) in [5, 5.41) is 2.53. The third-order valence-corrected chi connectivity index (χ3v) is 6.55. The molecule has 144 valence electrons. The van der Waals surface area contributed by atoms with E-state index in [9.17, 15) is 18.0 Å². The molecule has 0 spiro atoms. The molecule has 0 fully saturated rings. The van der Waals surface area contributed by atoms with Crippen LogP contribution in [-0.2, 0) is 14.6 Å². The minimum absolute atomic E-state index is 0.168. The van der Waals surface area contributed by atoms with Gasteiger partial charge in [0.25, 0.3) is 5.24 Å². The molecule has 2 aromatic rings. The lowest BCUT2D eigenvalue weighted by molar-refractivity contribution is -0.115. The number of rotatable bonds is 6. The number of carbonyl (C=O) groups is 2. The van der Waals surface area contributed by atoms with E-state index in [0.717, 1.165) is 17.3 Å². The number of hydrogen-bond acceptors (Lipinski definition) is 5. The number of nitrogens with one attached hydrogen (secondary N) is 1. The fourth-order valence-electron chi connectivity index (χ4n) is 2.15. The number of nitrogens with zero attached hydrogens (tertiary/aromatic N) is 1. The zero-order valence-corrected chi connectivity index (χ0v) is 17.1. The highest BCUT2D eigenvalue weighted by Gasteiger charge is 2.17. The van der Waals surface area contributed by atoms with Crippen molar-refractivity contribution in [3.8, 4) is 0 Å². The summed E-state index contributed by atoms with van der Waals surface area (Å²) in [4.78, 5) is 26.4. The highest BCUT2D eigenvalue weighted by atomic mass is 32.2. The van der Waals surface area contributed by atoms with Gasteiger partial charge in [0.2, 0.25) is 5.91 Å². The van der Waals surface area contributed by atoms with E-state index < -0.39 is 15.7 Å². The second-order valence-electron chi connectivity index (χ2n) is 6.19. The first-order chi connectivity index (χ1) is 12.7. The van der Waals surface area contributed by atoms with Crippen molar-refractivity contribution in [3.05, 3.63) is 54.1 Å². The van der Waals surface area contributed by atoms with Gasteiger partial charge in [-0.05, 0) is 43.0 Å². The molecule has 2 aromatic carbocycles. The van der Waals surface area contributed by atoms with Crippen LogP contribution in [0.4, 0.5) is 10.5 Å². The summed E-state index contributed by atoms with van der Waals surface area (Å²) in [6.45, 7) is 1.88. The molecule has 0 aromatic heterocycles. The number of para-hydroxylation sites is 1. The van der Waals surface area contributed by atoms with Gasteiger partial charge in [0.1, 0.15) is 0 Å². The molecule has 0 atom stereocenters. The van der Waals surface area contributed by atoms with Crippen LogP contribution in [0.15, 0.2) is 58.3 Å². The zero-order valence-electron chi connectivity index (χ0n) is 15.4. The first kappa shape index (κ1) is 21.0. The Labute approximate surface area is 163 Å². The van der Waals surface area contributed by atoms with E-state index in [-0.39, 0.29) is 22.3 Å². The van der Waals surface area contributed by atoms with Gasteiger partial charge >= 0.3 is 0 Å². The lowest BCUT2D eigenvalue weighted by atomic mass is 10.2. The maximum atomic E-state index is 12.4. The molecule has 8 heteroatoms. The molecule has 27 heavy (non-hydrogen) atoms. The lowest BCUT2D eigenvalue weighted by Gasteiger charge is -2.13. The Bertz CT molecular complexity index is 923. The van der Waals surface area contributed by atoms with Crippen molar-refractivity contribution in [3.63, 3.8) is 0 Å². The predicted octanol–water partition coefficient (Wildman–Crippen LogP) is 3.57. The highest BCUT2D eigenvalue weighted by Crippen LogP contribution is 2.28. The Balaban J connectivity index is 2.02. The first-order valence-corrected chi connectivity index (χ1v) is 10.7. The minimum Gasteiger partial charge on any atom is -0.339 e. The summed E-state index contributed by atoms with van der Waals surface area (Å²) >= 11 is 0.996. The summed E-state index contributed by atoms with van der Waals surface area (Å²) in [6, 6.07) is 13.4. The van der Waals surface area contributed by atoms with Crippen molar-refractivity contribution in [2.24, 2.45) is 0 Å². The Morgan fingerprint density at radius 2 is 1.67 bits per heavy atom. The van der Waals surface area contributed by atoms with Crippen LogP contribution in [0, 0.1) is 6.92 Å². The Kier molecular flexibility index (Phi) is 7.04. The molecule has 1 N–H and O–H groups in total. The van der Waals surface area contributed by atoms with Gasteiger partial charge in [0, 0.05) is 25.4 Å². The van der Waals surface area contributed by atoms with Crippen LogP contribution in [0.2, 0.25) is 0 Å². The second kappa shape index (κ2) is 9.05. The van der Waals surface area contributed by atoms with Crippen molar-refractivity contribution in [1.82, 2.24) is 4.90 Å². The van der Waals surface area contributed by atoms with Crippen molar-refractivity contribution in [1.29, 1.82) is 0 Å². The van der Waals surface area contributed by atoms with Gasteiger partial charge in [-0.1, -0.05) is 29.8 Å². The molecule has 0 aliphatic rings. The Morgan fingerprint density at radius 3 is 2.30 bits per heavy atom. The topological polar surface area (TPSA) is 83.5 Å².